The summed E-state index contributed by atoms with van der Waals surface area (Å²) in [5.41, 5.74) is 1.45. The Kier molecular flexibility index (Phi) is 5.53. The molecule has 1 fully saturated rings. The summed E-state index contributed by atoms with van der Waals surface area (Å²) in [5.74, 6) is 0.896. The minimum atomic E-state index is 0.896. The van der Waals surface area contributed by atoms with Gasteiger partial charge in [-0.1, -0.05) is 30.3 Å². The third-order valence-corrected chi connectivity index (χ3v) is 3.55. The maximum Gasteiger partial charge on any atom is -0.00196 e. The third kappa shape index (κ3) is 4.88. The highest BCUT2D eigenvalue weighted by molar-refractivity contribution is 5.14. The van der Waals surface area contributed by atoms with Gasteiger partial charge in [0, 0.05) is 0 Å². The second-order valence-corrected chi connectivity index (χ2v) is 4.99. The van der Waals surface area contributed by atoms with E-state index in [2.05, 4.69) is 41.0 Å². The number of rotatable bonds is 6. The predicted octanol–water partition coefficient (Wildman–Crippen LogP) is 2.21. The van der Waals surface area contributed by atoms with Gasteiger partial charge in [-0.05, 0) is 63.3 Å². The zero-order valence-electron chi connectivity index (χ0n) is 10.6. The van der Waals surface area contributed by atoms with Gasteiger partial charge in [0.25, 0.3) is 0 Å². The molecule has 1 aromatic carbocycles. The van der Waals surface area contributed by atoms with Gasteiger partial charge in [0.05, 0.1) is 0 Å². The van der Waals surface area contributed by atoms with Gasteiger partial charge in [0.15, 0.2) is 0 Å². The van der Waals surface area contributed by atoms with Gasteiger partial charge in [-0.3, -0.25) is 0 Å². The van der Waals surface area contributed by atoms with Crippen molar-refractivity contribution in [3.63, 3.8) is 0 Å². The van der Waals surface area contributed by atoms with Gasteiger partial charge in [0.1, 0.15) is 0 Å². The molecule has 2 rings (SSSR count). The summed E-state index contributed by atoms with van der Waals surface area (Å²) in [6, 6.07) is 10.8. The van der Waals surface area contributed by atoms with Gasteiger partial charge >= 0.3 is 0 Å². The van der Waals surface area contributed by atoms with Crippen LogP contribution < -0.4 is 10.6 Å². The van der Waals surface area contributed by atoms with Crippen molar-refractivity contribution < 1.29 is 0 Å². The first kappa shape index (κ1) is 12.6. The van der Waals surface area contributed by atoms with Gasteiger partial charge in [-0.2, -0.15) is 0 Å². The average molecular weight is 232 g/mol. The topological polar surface area (TPSA) is 24.1 Å². The summed E-state index contributed by atoms with van der Waals surface area (Å²) in [6.07, 6.45) is 5.12. The van der Waals surface area contributed by atoms with E-state index >= 15 is 0 Å². The fourth-order valence-electron chi connectivity index (χ4n) is 2.45. The smallest absolute Gasteiger partial charge is 0.00196 e. The van der Waals surface area contributed by atoms with Crippen LogP contribution in [-0.4, -0.2) is 26.2 Å². The normalized spacial score (nSPS) is 17.2. The van der Waals surface area contributed by atoms with Crippen LogP contribution in [0.1, 0.15) is 24.8 Å². The highest BCUT2D eigenvalue weighted by atomic mass is 14.9. The highest BCUT2D eigenvalue weighted by Gasteiger charge is 2.11. The number of hydrogen-bond acceptors (Lipinski definition) is 2. The Bertz CT molecular complexity index is 291. The molecule has 2 heteroatoms. The molecule has 94 valence electrons. The molecule has 17 heavy (non-hydrogen) atoms. The van der Waals surface area contributed by atoms with Crippen molar-refractivity contribution in [1.29, 1.82) is 0 Å². The average Bonchev–Trinajstić information content (AvgIpc) is 2.41. The first-order valence-electron chi connectivity index (χ1n) is 6.90. The molecular formula is C15H24N2. The maximum absolute atomic E-state index is 3.60. The number of hydrogen-bond donors (Lipinski definition) is 2. The summed E-state index contributed by atoms with van der Waals surface area (Å²) < 4.78 is 0. The van der Waals surface area contributed by atoms with Crippen LogP contribution in [0.15, 0.2) is 30.3 Å². The zero-order chi connectivity index (χ0) is 11.8. The minimum absolute atomic E-state index is 0.896. The van der Waals surface area contributed by atoms with E-state index < -0.39 is 0 Å². The van der Waals surface area contributed by atoms with Crippen LogP contribution >= 0.6 is 0 Å². The lowest BCUT2D eigenvalue weighted by Gasteiger charge is -2.22. The Hall–Kier alpha value is -0.860. The maximum atomic E-state index is 3.60. The molecule has 2 N–H and O–H groups in total. The SMILES string of the molecule is c1ccc(CCCNCC2CCNCC2)cc1. The summed E-state index contributed by atoms with van der Waals surface area (Å²) in [4.78, 5) is 0. The van der Waals surface area contributed by atoms with Crippen molar-refractivity contribution in [3.05, 3.63) is 35.9 Å². The van der Waals surface area contributed by atoms with Crippen LogP contribution in [0.2, 0.25) is 0 Å². The lowest BCUT2D eigenvalue weighted by atomic mass is 9.98. The van der Waals surface area contributed by atoms with Gasteiger partial charge < -0.3 is 10.6 Å². The largest absolute Gasteiger partial charge is 0.317 e. The van der Waals surface area contributed by atoms with Gasteiger partial charge in [-0.25, -0.2) is 0 Å². The van der Waals surface area contributed by atoms with Crippen LogP contribution in [0.5, 0.6) is 0 Å². The Morgan fingerprint density at radius 1 is 1.12 bits per heavy atom. The van der Waals surface area contributed by atoms with Crippen LogP contribution in [-0.2, 0) is 6.42 Å². The first-order valence-corrected chi connectivity index (χ1v) is 6.90. The molecule has 0 amide bonds. The van der Waals surface area contributed by atoms with E-state index in [4.69, 9.17) is 0 Å². The van der Waals surface area contributed by atoms with E-state index in [9.17, 15) is 0 Å². The molecule has 0 spiro atoms. The molecule has 0 aromatic heterocycles. The molecule has 0 aliphatic carbocycles. The Morgan fingerprint density at radius 2 is 1.88 bits per heavy atom. The second-order valence-electron chi connectivity index (χ2n) is 4.99. The quantitative estimate of drug-likeness (QED) is 0.735. The Morgan fingerprint density at radius 3 is 2.65 bits per heavy atom. The van der Waals surface area contributed by atoms with E-state index in [1.807, 2.05) is 0 Å². The molecule has 1 aliphatic rings. The molecule has 1 aromatic rings. The van der Waals surface area contributed by atoms with Crippen molar-refractivity contribution in [2.45, 2.75) is 25.7 Å². The predicted molar refractivity (Wildman–Crippen MR) is 73.2 cm³/mol. The van der Waals surface area contributed by atoms with E-state index in [0.717, 1.165) is 12.5 Å². The highest BCUT2D eigenvalue weighted by Crippen LogP contribution is 2.09. The molecule has 0 unspecified atom stereocenters. The van der Waals surface area contributed by atoms with E-state index in [1.165, 1.54) is 50.9 Å². The third-order valence-electron chi connectivity index (χ3n) is 3.55. The number of nitrogens with one attached hydrogen (secondary N) is 2. The molecule has 0 radical (unpaired) electrons. The lowest BCUT2D eigenvalue weighted by molar-refractivity contribution is 0.356. The number of aryl methyl sites for hydroxylation is 1. The van der Waals surface area contributed by atoms with Crippen molar-refractivity contribution in [3.8, 4) is 0 Å². The van der Waals surface area contributed by atoms with Crippen LogP contribution in [0.25, 0.3) is 0 Å². The second kappa shape index (κ2) is 7.46. The fraction of sp³-hybridized carbons (Fsp3) is 0.600. The molecule has 1 saturated heterocycles. The van der Waals surface area contributed by atoms with E-state index in [1.54, 1.807) is 0 Å². The number of benzene rings is 1. The molecule has 0 bridgehead atoms. The van der Waals surface area contributed by atoms with Crippen LogP contribution in [0.3, 0.4) is 0 Å². The lowest BCUT2D eigenvalue weighted by Crippen LogP contribution is -2.34. The minimum Gasteiger partial charge on any atom is -0.317 e. The zero-order valence-corrected chi connectivity index (χ0v) is 10.6. The fourth-order valence-corrected chi connectivity index (χ4v) is 2.45. The van der Waals surface area contributed by atoms with Crippen molar-refractivity contribution in [1.82, 2.24) is 10.6 Å². The van der Waals surface area contributed by atoms with Crippen molar-refractivity contribution in [2.24, 2.45) is 5.92 Å². The summed E-state index contributed by atoms with van der Waals surface area (Å²) >= 11 is 0. The molecular weight excluding hydrogens is 208 g/mol. The van der Waals surface area contributed by atoms with Crippen LogP contribution in [0, 0.1) is 5.92 Å². The Labute approximate surface area is 105 Å². The molecule has 2 nitrogen and oxygen atoms in total. The van der Waals surface area contributed by atoms with Crippen LogP contribution in [0.4, 0.5) is 0 Å². The summed E-state index contributed by atoms with van der Waals surface area (Å²) in [7, 11) is 0. The molecule has 1 aliphatic heterocycles. The standard InChI is InChI=1S/C15H24N2/c1-2-5-14(6-3-1)7-4-10-17-13-15-8-11-16-12-9-15/h1-3,5-6,15-17H,4,7-13H2. The van der Waals surface area contributed by atoms with E-state index in [0.29, 0.717) is 0 Å². The molecule has 0 saturated carbocycles. The summed E-state index contributed by atoms with van der Waals surface area (Å²) in [6.45, 7) is 4.77. The number of piperidine rings is 1. The molecule has 0 atom stereocenters. The summed E-state index contributed by atoms with van der Waals surface area (Å²) in [5, 5.41) is 7.01. The van der Waals surface area contributed by atoms with Gasteiger partial charge in [-0.15, -0.1) is 0 Å². The monoisotopic (exact) mass is 232 g/mol. The van der Waals surface area contributed by atoms with Crippen molar-refractivity contribution in [2.75, 3.05) is 26.2 Å². The first-order chi connectivity index (χ1) is 8.45. The Balaban J connectivity index is 1.51. The van der Waals surface area contributed by atoms with Crippen molar-refractivity contribution >= 4 is 0 Å². The van der Waals surface area contributed by atoms with E-state index in [-0.39, 0.29) is 0 Å². The van der Waals surface area contributed by atoms with Gasteiger partial charge in [0.2, 0.25) is 0 Å². The molecule has 1 heterocycles.